The van der Waals surface area contributed by atoms with Gasteiger partial charge in [0.05, 0.1) is 18.2 Å². The van der Waals surface area contributed by atoms with Crippen molar-refractivity contribution in [1.82, 2.24) is 4.90 Å². The van der Waals surface area contributed by atoms with Gasteiger partial charge in [0, 0.05) is 44.2 Å². The molecule has 2 heterocycles. The van der Waals surface area contributed by atoms with Crippen molar-refractivity contribution in [2.24, 2.45) is 4.99 Å². The number of rotatable bonds is 5. The molecule has 0 spiro atoms. The summed E-state index contributed by atoms with van der Waals surface area (Å²) in [5.74, 6) is -0.104. The molecular formula is C23H28N4O3. The van der Waals surface area contributed by atoms with Gasteiger partial charge in [-0.2, -0.15) is 0 Å². The summed E-state index contributed by atoms with van der Waals surface area (Å²) in [4.78, 5) is 20.6. The van der Waals surface area contributed by atoms with E-state index >= 15 is 0 Å². The minimum absolute atomic E-state index is 0.182. The van der Waals surface area contributed by atoms with Gasteiger partial charge in [-0.15, -0.1) is 0 Å². The van der Waals surface area contributed by atoms with Crippen molar-refractivity contribution in [2.45, 2.75) is 18.9 Å². The average molecular weight is 409 g/mol. The van der Waals surface area contributed by atoms with Crippen molar-refractivity contribution in [2.75, 3.05) is 49.5 Å². The van der Waals surface area contributed by atoms with E-state index in [1.54, 1.807) is 24.3 Å². The zero-order chi connectivity index (χ0) is 20.8. The molecule has 2 N–H and O–H groups in total. The maximum absolute atomic E-state index is 11.1. The summed E-state index contributed by atoms with van der Waals surface area (Å²) in [6, 6.07) is 17.2. The third kappa shape index (κ3) is 5.10. The van der Waals surface area contributed by atoms with Gasteiger partial charge in [0.2, 0.25) is 0 Å². The maximum atomic E-state index is 11.1. The number of carbonyl (C=O) groups is 1. The van der Waals surface area contributed by atoms with Crippen molar-refractivity contribution in [3.63, 3.8) is 0 Å². The van der Waals surface area contributed by atoms with Crippen molar-refractivity contribution in [3.05, 3.63) is 60.2 Å². The third-order valence-corrected chi connectivity index (χ3v) is 5.56. The molecule has 0 unspecified atom stereocenters. The Labute approximate surface area is 177 Å². The van der Waals surface area contributed by atoms with E-state index < -0.39 is 5.97 Å². The van der Waals surface area contributed by atoms with E-state index in [1.807, 2.05) is 6.07 Å². The molecule has 0 saturated carbocycles. The van der Waals surface area contributed by atoms with E-state index in [1.165, 1.54) is 5.69 Å². The van der Waals surface area contributed by atoms with Gasteiger partial charge in [0.1, 0.15) is 0 Å². The van der Waals surface area contributed by atoms with Crippen LogP contribution in [-0.4, -0.2) is 67.4 Å². The fraction of sp³-hybridized carbons (Fsp3) is 0.391. The highest BCUT2D eigenvalue weighted by Gasteiger charge is 2.22. The van der Waals surface area contributed by atoms with E-state index in [0.717, 1.165) is 57.3 Å². The lowest BCUT2D eigenvalue weighted by Gasteiger charge is -2.37. The summed E-state index contributed by atoms with van der Waals surface area (Å²) in [5.41, 5.74) is 2.35. The fourth-order valence-electron chi connectivity index (χ4n) is 3.84. The first-order valence-electron chi connectivity index (χ1n) is 10.5. The third-order valence-electron chi connectivity index (χ3n) is 5.56. The van der Waals surface area contributed by atoms with E-state index in [-0.39, 0.29) is 11.7 Å². The second-order valence-corrected chi connectivity index (χ2v) is 7.62. The summed E-state index contributed by atoms with van der Waals surface area (Å²) in [5, 5.41) is 12.5. The molecule has 0 radical (unpaired) electrons. The van der Waals surface area contributed by atoms with E-state index in [9.17, 15) is 4.79 Å². The van der Waals surface area contributed by atoms with Crippen LogP contribution in [0.2, 0.25) is 0 Å². The van der Waals surface area contributed by atoms with E-state index in [4.69, 9.17) is 14.8 Å². The summed E-state index contributed by atoms with van der Waals surface area (Å²) >= 11 is 0. The average Bonchev–Trinajstić information content (AvgIpc) is 3.31. The number of ether oxygens (including phenoxy) is 1. The Bertz CT molecular complexity index is 856. The van der Waals surface area contributed by atoms with Gasteiger partial charge in [-0.1, -0.05) is 18.2 Å². The molecule has 1 atom stereocenters. The predicted octanol–water partition coefficient (Wildman–Crippen LogP) is 3.15. The Morgan fingerprint density at radius 3 is 2.43 bits per heavy atom. The molecule has 2 aliphatic rings. The van der Waals surface area contributed by atoms with Gasteiger partial charge in [0.25, 0.3) is 0 Å². The first-order valence-corrected chi connectivity index (χ1v) is 10.5. The van der Waals surface area contributed by atoms with Crippen molar-refractivity contribution in [3.8, 4) is 0 Å². The molecule has 2 aromatic rings. The summed E-state index contributed by atoms with van der Waals surface area (Å²) in [6.45, 7) is 5.01. The minimum Gasteiger partial charge on any atom is -0.478 e. The molecule has 0 aromatic heterocycles. The number of anilines is 2. The van der Waals surface area contributed by atoms with Gasteiger partial charge in [-0.3, -0.25) is 4.99 Å². The van der Waals surface area contributed by atoms with Crippen molar-refractivity contribution < 1.29 is 14.6 Å². The number of aromatic carboxylic acids is 1. The molecule has 30 heavy (non-hydrogen) atoms. The fourth-order valence-corrected chi connectivity index (χ4v) is 3.84. The number of nitrogens with zero attached hydrogens (tertiary/aromatic N) is 3. The van der Waals surface area contributed by atoms with Crippen molar-refractivity contribution in [1.29, 1.82) is 0 Å². The van der Waals surface area contributed by atoms with Crippen LogP contribution in [0.3, 0.4) is 0 Å². The SMILES string of the molecule is O=C(O)c1ccc(NC(=NC[C@@H]2CCCO2)N2CCN(c3ccccc3)CC2)cc1. The lowest BCUT2D eigenvalue weighted by molar-refractivity contribution is 0.0697. The topological polar surface area (TPSA) is 77.4 Å². The highest BCUT2D eigenvalue weighted by atomic mass is 16.5. The standard InChI is InChI=1S/C23H28N4O3/c28-22(29)18-8-10-19(11-9-18)25-23(24-17-21-7-4-16-30-21)27-14-12-26(13-15-27)20-5-2-1-3-6-20/h1-3,5-6,8-11,21H,4,7,12-17H2,(H,24,25)(H,28,29)/t21-/m0/s1. The second kappa shape index (κ2) is 9.63. The van der Waals surface area contributed by atoms with Crippen LogP contribution in [0.1, 0.15) is 23.2 Å². The molecule has 2 fully saturated rings. The molecule has 2 aliphatic heterocycles. The predicted molar refractivity (Wildman–Crippen MR) is 119 cm³/mol. The number of benzene rings is 2. The zero-order valence-corrected chi connectivity index (χ0v) is 17.0. The number of carboxylic acids is 1. The number of para-hydroxylation sites is 1. The van der Waals surface area contributed by atoms with Crippen LogP contribution in [0.15, 0.2) is 59.6 Å². The van der Waals surface area contributed by atoms with Crippen LogP contribution in [0, 0.1) is 0 Å². The first kappa shape index (κ1) is 20.2. The molecule has 0 bridgehead atoms. The first-order chi connectivity index (χ1) is 14.7. The zero-order valence-electron chi connectivity index (χ0n) is 17.0. The monoisotopic (exact) mass is 408 g/mol. The smallest absolute Gasteiger partial charge is 0.335 e. The second-order valence-electron chi connectivity index (χ2n) is 7.62. The van der Waals surface area contributed by atoms with Crippen LogP contribution < -0.4 is 10.2 Å². The number of hydrogen-bond donors (Lipinski definition) is 2. The minimum atomic E-state index is -0.925. The van der Waals surface area contributed by atoms with Crippen molar-refractivity contribution >= 4 is 23.3 Å². The van der Waals surface area contributed by atoms with Crippen LogP contribution in [0.25, 0.3) is 0 Å². The van der Waals surface area contributed by atoms with E-state index in [0.29, 0.717) is 6.54 Å². The molecule has 2 aromatic carbocycles. The molecule has 4 rings (SSSR count). The normalized spacial score (nSPS) is 19.7. The number of nitrogens with one attached hydrogen (secondary N) is 1. The molecule has 2 saturated heterocycles. The molecular weight excluding hydrogens is 380 g/mol. The Kier molecular flexibility index (Phi) is 6.49. The Hall–Kier alpha value is -3.06. The molecule has 0 aliphatic carbocycles. The van der Waals surface area contributed by atoms with Gasteiger partial charge in [0.15, 0.2) is 5.96 Å². The maximum Gasteiger partial charge on any atom is 0.335 e. The van der Waals surface area contributed by atoms with Crippen LogP contribution in [0.4, 0.5) is 11.4 Å². The Morgan fingerprint density at radius 1 is 1.07 bits per heavy atom. The summed E-state index contributed by atoms with van der Waals surface area (Å²) in [6.07, 6.45) is 2.32. The lowest BCUT2D eigenvalue weighted by atomic mass is 10.2. The summed E-state index contributed by atoms with van der Waals surface area (Å²) in [7, 11) is 0. The van der Waals surface area contributed by atoms with Crippen LogP contribution in [-0.2, 0) is 4.74 Å². The number of carboxylic acid groups (broad SMARTS) is 1. The van der Waals surface area contributed by atoms with Gasteiger partial charge >= 0.3 is 5.97 Å². The Balaban J connectivity index is 1.44. The molecule has 7 heteroatoms. The number of piperazine rings is 1. The van der Waals surface area contributed by atoms with E-state index in [2.05, 4.69) is 39.4 Å². The molecule has 7 nitrogen and oxygen atoms in total. The highest BCUT2D eigenvalue weighted by molar-refractivity contribution is 5.95. The largest absolute Gasteiger partial charge is 0.478 e. The summed E-state index contributed by atoms with van der Waals surface area (Å²) < 4.78 is 5.73. The quantitative estimate of drug-likeness (QED) is 0.585. The molecule has 158 valence electrons. The molecule has 0 amide bonds. The van der Waals surface area contributed by atoms with Gasteiger partial charge in [-0.05, 0) is 49.2 Å². The number of guanidine groups is 1. The van der Waals surface area contributed by atoms with Crippen LogP contribution >= 0.6 is 0 Å². The van der Waals surface area contributed by atoms with Crippen LogP contribution in [0.5, 0.6) is 0 Å². The van der Waals surface area contributed by atoms with Gasteiger partial charge in [-0.25, -0.2) is 4.79 Å². The highest BCUT2D eigenvalue weighted by Crippen LogP contribution is 2.18. The Morgan fingerprint density at radius 2 is 1.80 bits per heavy atom. The number of hydrogen-bond acceptors (Lipinski definition) is 4. The lowest BCUT2D eigenvalue weighted by Crippen LogP contribution is -2.51. The number of aliphatic imine (C=N–C) groups is 1. The van der Waals surface area contributed by atoms with Gasteiger partial charge < -0.3 is 25.0 Å².